The first-order valence-corrected chi connectivity index (χ1v) is 19.8. The van der Waals surface area contributed by atoms with Gasteiger partial charge in [0.05, 0.1) is 31.7 Å². The molecule has 0 bridgehead atoms. The first kappa shape index (κ1) is 25.8. The number of aromatic nitrogens is 2. The van der Waals surface area contributed by atoms with Crippen molar-refractivity contribution in [2.24, 2.45) is 0 Å². The Balaban J connectivity index is 1.15. The van der Waals surface area contributed by atoms with Gasteiger partial charge in [-0.15, -0.1) is 11.3 Å². The summed E-state index contributed by atoms with van der Waals surface area (Å²) in [4.78, 5) is 0. The summed E-state index contributed by atoms with van der Waals surface area (Å²) in [6, 6.07) is 53.3. The van der Waals surface area contributed by atoms with Gasteiger partial charge in [0, 0.05) is 58.7 Å². The van der Waals surface area contributed by atoms with Gasteiger partial charge in [0.25, 0.3) is 0 Å². The third-order valence-electron chi connectivity index (χ3n) is 11.1. The van der Waals surface area contributed by atoms with E-state index in [-0.39, 0.29) is 57.6 Å². The minimum atomic E-state index is -0.422. The molecule has 266 valence electrons. The van der Waals surface area contributed by atoms with Crippen LogP contribution >= 0.6 is 11.3 Å². The zero-order chi connectivity index (χ0) is 43.5. The molecule has 12 aromatic rings. The molecule has 3 heterocycles. The first-order valence-electron chi connectivity index (χ1n) is 22.4. The van der Waals surface area contributed by atoms with E-state index in [1.54, 1.807) is 15.9 Å². The van der Waals surface area contributed by atoms with Crippen molar-refractivity contribution < 1.29 is 9.60 Å². The summed E-state index contributed by atoms with van der Waals surface area (Å²) in [7, 11) is 0. The van der Waals surface area contributed by atoms with Gasteiger partial charge in [-0.25, -0.2) is 0 Å². The first-order chi connectivity index (χ1) is 31.2. The standard InChI is InChI=1S/C54H34N2S/c1-3-13-35(14-4-1)37-17-11-18-40(31-37)55-49-23-9-7-19-43(49)46-32-38(25-28-50(46)55)39-26-29-51-47(33-39)45-22-12-21-42(36-15-5-2-6-16-36)54(45)56(51)41-27-30-53-48(34-41)44-20-8-10-24-52(44)57-53/h1-34H/i7D,9D,19D,23D,25D,28D,32D. The van der Waals surface area contributed by atoms with Gasteiger partial charge in [0.15, 0.2) is 0 Å². The fraction of sp³-hybridized carbons (Fsp3) is 0. The molecule has 57 heavy (non-hydrogen) atoms. The van der Waals surface area contributed by atoms with Crippen LogP contribution in [0.4, 0.5) is 0 Å². The van der Waals surface area contributed by atoms with Gasteiger partial charge in [-0.3, -0.25) is 0 Å². The minimum Gasteiger partial charge on any atom is -0.309 e. The van der Waals surface area contributed by atoms with Crippen molar-refractivity contribution in [3.63, 3.8) is 0 Å². The van der Waals surface area contributed by atoms with Gasteiger partial charge in [0.1, 0.15) is 0 Å². The van der Waals surface area contributed by atoms with Gasteiger partial charge >= 0.3 is 0 Å². The molecule has 0 radical (unpaired) electrons. The van der Waals surface area contributed by atoms with Crippen LogP contribution in [0.25, 0.3) is 109 Å². The predicted octanol–water partition coefficient (Wildman–Crippen LogP) is 15.2. The van der Waals surface area contributed by atoms with Crippen molar-refractivity contribution in [2.45, 2.75) is 0 Å². The van der Waals surface area contributed by atoms with Crippen LogP contribution in [-0.2, 0) is 0 Å². The zero-order valence-corrected chi connectivity index (χ0v) is 31.2. The molecule has 12 rings (SSSR count). The molecule has 0 aliphatic rings. The van der Waals surface area contributed by atoms with Crippen molar-refractivity contribution in [2.75, 3.05) is 0 Å². The van der Waals surface area contributed by atoms with Crippen LogP contribution in [0.2, 0.25) is 0 Å². The van der Waals surface area contributed by atoms with Gasteiger partial charge in [-0.1, -0.05) is 139 Å². The summed E-state index contributed by atoms with van der Waals surface area (Å²) in [5, 5.41) is 4.63. The maximum atomic E-state index is 9.95. The third-order valence-corrected chi connectivity index (χ3v) is 12.3. The molecule has 0 N–H and O–H groups in total. The summed E-state index contributed by atoms with van der Waals surface area (Å²) in [6.45, 7) is 0. The molecule has 0 amide bonds. The third kappa shape index (κ3) is 5.03. The molecular weight excluding hydrogens is 709 g/mol. The lowest BCUT2D eigenvalue weighted by Crippen LogP contribution is -1.95. The average molecular weight is 750 g/mol. The average Bonchev–Trinajstić information content (AvgIpc) is 4.01. The number of thiophene rings is 1. The van der Waals surface area contributed by atoms with Gasteiger partial charge in [-0.05, 0) is 94.5 Å². The second kappa shape index (κ2) is 12.7. The van der Waals surface area contributed by atoms with Crippen molar-refractivity contribution in [1.82, 2.24) is 9.13 Å². The largest absolute Gasteiger partial charge is 0.309 e. The quantitative estimate of drug-likeness (QED) is 0.166. The maximum absolute atomic E-state index is 9.95. The normalized spacial score (nSPS) is 13.6. The number of para-hydroxylation sites is 2. The molecule has 3 heteroatoms. The number of rotatable bonds is 5. The maximum Gasteiger partial charge on any atom is 0.0645 e. The van der Waals surface area contributed by atoms with E-state index in [1.807, 2.05) is 91.0 Å². The van der Waals surface area contributed by atoms with Crippen LogP contribution in [0.5, 0.6) is 0 Å². The Hall–Kier alpha value is -7.20. The highest BCUT2D eigenvalue weighted by molar-refractivity contribution is 7.25. The Morgan fingerprint density at radius 2 is 1.07 bits per heavy atom. The Morgan fingerprint density at radius 1 is 0.368 bits per heavy atom. The zero-order valence-electron chi connectivity index (χ0n) is 37.4. The van der Waals surface area contributed by atoms with Crippen LogP contribution < -0.4 is 0 Å². The monoisotopic (exact) mass is 749 g/mol. The number of nitrogens with zero attached hydrogens (tertiary/aromatic N) is 2. The van der Waals surface area contributed by atoms with E-state index in [2.05, 4.69) is 77.4 Å². The minimum absolute atomic E-state index is 0.0770. The Kier molecular flexibility index (Phi) is 5.74. The smallest absolute Gasteiger partial charge is 0.0645 e. The van der Waals surface area contributed by atoms with E-state index < -0.39 is 12.1 Å². The van der Waals surface area contributed by atoms with Crippen molar-refractivity contribution in [3.8, 4) is 44.8 Å². The summed E-state index contributed by atoms with van der Waals surface area (Å²) in [5.41, 5.74) is 8.61. The molecule has 0 fully saturated rings. The summed E-state index contributed by atoms with van der Waals surface area (Å²) >= 11 is 1.78. The molecule has 3 aromatic heterocycles. The molecule has 0 aliphatic carbocycles. The van der Waals surface area contributed by atoms with Gasteiger partial charge in [0.2, 0.25) is 0 Å². The molecule has 2 nitrogen and oxygen atoms in total. The molecule has 0 aliphatic heterocycles. The highest BCUT2D eigenvalue weighted by Gasteiger charge is 2.19. The van der Waals surface area contributed by atoms with E-state index >= 15 is 0 Å². The van der Waals surface area contributed by atoms with Crippen molar-refractivity contribution in [3.05, 3.63) is 206 Å². The Labute approximate surface area is 343 Å². The fourth-order valence-corrected chi connectivity index (χ4v) is 9.66. The Bertz CT molecular complexity index is 3930. The highest BCUT2D eigenvalue weighted by Crippen LogP contribution is 2.43. The van der Waals surface area contributed by atoms with E-state index in [0.717, 1.165) is 49.7 Å². The van der Waals surface area contributed by atoms with Crippen LogP contribution in [0.1, 0.15) is 9.60 Å². The van der Waals surface area contributed by atoms with Crippen LogP contribution in [0.15, 0.2) is 206 Å². The molecule has 0 unspecified atom stereocenters. The van der Waals surface area contributed by atoms with Crippen LogP contribution in [0, 0.1) is 0 Å². The second-order valence-electron chi connectivity index (χ2n) is 14.4. The van der Waals surface area contributed by atoms with Crippen molar-refractivity contribution >= 4 is 75.1 Å². The predicted molar refractivity (Wildman–Crippen MR) is 244 cm³/mol. The lowest BCUT2D eigenvalue weighted by molar-refractivity contribution is 1.18. The molecule has 0 spiro atoms. The van der Waals surface area contributed by atoms with Gasteiger partial charge in [-0.2, -0.15) is 0 Å². The molecular formula is C54H34N2S. The molecule has 0 atom stereocenters. The Morgan fingerprint density at radius 3 is 1.96 bits per heavy atom. The highest BCUT2D eigenvalue weighted by atomic mass is 32.1. The lowest BCUT2D eigenvalue weighted by atomic mass is 9.99. The topological polar surface area (TPSA) is 9.86 Å². The summed E-state index contributed by atoms with van der Waals surface area (Å²) < 4.78 is 71.5. The molecule has 0 saturated heterocycles. The summed E-state index contributed by atoms with van der Waals surface area (Å²) in [6.07, 6.45) is 0. The molecule has 0 saturated carbocycles. The van der Waals surface area contributed by atoms with Crippen molar-refractivity contribution in [1.29, 1.82) is 0 Å². The van der Waals surface area contributed by atoms with E-state index in [1.165, 1.54) is 20.2 Å². The number of hydrogen-bond acceptors (Lipinski definition) is 1. The number of benzene rings is 9. The number of hydrogen-bond donors (Lipinski definition) is 0. The van der Waals surface area contributed by atoms with Crippen LogP contribution in [-0.4, -0.2) is 9.13 Å². The molecule has 9 aromatic carbocycles. The van der Waals surface area contributed by atoms with E-state index in [9.17, 15) is 6.85 Å². The number of fused-ring (bicyclic) bond motifs is 9. The van der Waals surface area contributed by atoms with Crippen LogP contribution in [0.3, 0.4) is 0 Å². The fourth-order valence-electron chi connectivity index (χ4n) is 8.57. The summed E-state index contributed by atoms with van der Waals surface area (Å²) in [5.74, 6) is 0. The lowest BCUT2D eigenvalue weighted by Gasteiger charge is -2.12. The van der Waals surface area contributed by atoms with E-state index in [0.29, 0.717) is 11.3 Å². The SMILES string of the molecule is [2H]c1c([2H])c([2H])c2c(c1[2H])c1c([2H])c(-c3ccc4c(c3)c3cccc(-c5ccccc5)c3n4-c3ccc4sc5ccccc5c4c3)c([2H])c([2H])c1n2-c1cccc(-c2ccccc2)c1. The van der Waals surface area contributed by atoms with E-state index in [4.69, 9.17) is 2.74 Å². The second-order valence-corrected chi connectivity index (χ2v) is 15.4. The van der Waals surface area contributed by atoms with Gasteiger partial charge < -0.3 is 9.13 Å².